The molecule has 1 aromatic carbocycles. The summed E-state index contributed by atoms with van der Waals surface area (Å²) in [5, 5.41) is 3.77. The van der Waals surface area contributed by atoms with Gasteiger partial charge in [-0.05, 0) is 24.6 Å². The van der Waals surface area contributed by atoms with Crippen LogP contribution >= 0.6 is 0 Å². The quantitative estimate of drug-likeness (QED) is 0.847. The standard InChI is InChI=1S/C13H13F2N3O/c1-7-2-3-8(4-10(7)16)12-17-11(18-19-12)9-5-13(14,15)6-9/h2-4,9H,5-6,16H2,1H3. The van der Waals surface area contributed by atoms with Crippen LogP contribution in [0.5, 0.6) is 0 Å². The Labute approximate surface area is 108 Å². The van der Waals surface area contributed by atoms with Crippen LogP contribution in [0.25, 0.3) is 11.5 Å². The molecule has 4 nitrogen and oxygen atoms in total. The number of alkyl halides is 2. The summed E-state index contributed by atoms with van der Waals surface area (Å²) in [6.45, 7) is 1.90. The predicted molar refractivity (Wildman–Crippen MR) is 65.8 cm³/mol. The molecule has 1 aromatic heterocycles. The van der Waals surface area contributed by atoms with E-state index in [0.29, 0.717) is 23.0 Å². The number of rotatable bonds is 2. The van der Waals surface area contributed by atoms with Crippen LogP contribution in [0, 0.1) is 6.92 Å². The number of hydrogen-bond acceptors (Lipinski definition) is 4. The zero-order valence-electron chi connectivity index (χ0n) is 10.4. The van der Waals surface area contributed by atoms with E-state index in [0.717, 1.165) is 5.56 Å². The third kappa shape index (κ3) is 2.18. The van der Waals surface area contributed by atoms with E-state index in [9.17, 15) is 8.78 Å². The average molecular weight is 265 g/mol. The van der Waals surface area contributed by atoms with Gasteiger partial charge in [-0.3, -0.25) is 0 Å². The molecule has 2 aromatic rings. The molecule has 100 valence electrons. The molecule has 6 heteroatoms. The fourth-order valence-electron chi connectivity index (χ4n) is 2.14. The topological polar surface area (TPSA) is 64.9 Å². The Morgan fingerprint density at radius 3 is 2.74 bits per heavy atom. The number of benzene rings is 1. The van der Waals surface area contributed by atoms with Crippen molar-refractivity contribution in [3.8, 4) is 11.5 Å². The number of nitrogens with zero attached hydrogens (tertiary/aromatic N) is 2. The van der Waals surface area contributed by atoms with Crippen LogP contribution in [0.2, 0.25) is 0 Å². The van der Waals surface area contributed by atoms with Crippen molar-refractivity contribution in [3.05, 3.63) is 29.6 Å². The van der Waals surface area contributed by atoms with Crippen LogP contribution in [0.3, 0.4) is 0 Å². The van der Waals surface area contributed by atoms with Gasteiger partial charge in [0, 0.05) is 30.0 Å². The number of aryl methyl sites for hydroxylation is 1. The van der Waals surface area contributed by atoms with Crippen molar-refractivity contribution in [2.75, 3.05) is 5.73 Å². The van der Waals surface area contributed by atoms with E-state index in [1.807, 2.05) is 19.1 Å². The van der Waals surface area contributed by atoms with Gasteiger partial charge >= 0.3 is 0 Å². The van der Waals surface area contributed by atoms with Crippen molar-refractivity contribution in [3.63, 3.8) is 0 Å². The summed E-state index contributed by atoms with van der Waals surface area (Å²) in [6.07, 6.45) is -0.413. The van der Waals surface area contributed by atoms with Crippen LogP contribution in [-0.4, -0.2) is 16.1 Å². The number of hydrogen-bond donors (Lipinski definition) is 1. The van der Waals surface area contributed by atoms with Gasteiger partial charge < -0.3 is 10.3 Å². The number of nitrogens with two attached hydrogens (primary N) is 1. The lowest BCUT2D eigenvalue weighted by molar-refractivity contribution is -0.0888. The van der Waals surface area contributed by atoms with Crippen LogP contribution in [-0.2, 0) is 0 Å². The van der Waals surface area contributed by atoms with Gasteiger partial charge in [0.25, 0.3) is 5.89 Å². The molecular formula is C13H13F2N3O. The molecule has 1 fully saturated rings. The average Bonchev–Trinajstić information content (AvgIpc) is 2.78. The lowest BCUT2D eigenvalue weighted by Crippen LogP contribution is -2.34. The summed E-state index contributed by atoms with van der Waals surface area (Å²) >= 11 is 0. The first-order valence-electron chi connectivity index (χ1n) is 6.02. The van der Waals surface area contributed by atoms with Crippen molar-refractivity contribution in [1.82, 2.24) is 10.1 Å². The van der Waals surface area contributed by atoms with Crippen LogP contribution in [0.15, 0.2) is 22.7 Å². The SMILES string of the molecule is Cc1ccc(-c2nc(C3CC(F)(F)C3)no2)cc1N. The Hall–Kier alpha value is -1.98. The second-order valence-electron chi connectivity index (χ2n) is 4.99. The second-order valence-corrected chi connectivity index (χ2v) is 4.99. The van der Waals surface area contributed by atoms with Crippen LogP contribution in [0.1, 0.15) is 30.1 Å². The molecule has 0 unspecified atom stereocenters. The van der Waals surface area contributed by atoms with E-state index < -0.39 is 5.92 Å². The molecular weight excluding hydrogens is 252 g/mol. The van der Waals surface area contributed by atoms with Crippen molar-refractivity contribution >= 4 is 5.69 Å². The second kappa shape index (κ2) is 4.01. The zero-order chi connectivity index (χ0) is 13.6. The van der Waals surface area contributed by atoms with Gasteiger partial charge in [-0.25, -0.2) is 8.78 Å². The molecule has 3 rings (SSSR count). The lowest BCUT2D eigenvalue weighted by atomic mass is 9.81. The predicted octanol–water partition coefficient (Wildman–Crippen LogP) is 3.14. The van der Waals surface area contributed by atoms with Gasteiger partial charge in [-0.2, -0.15) is 4.98 Å². The van der Waals surface area contributed by atoms with E-state index in [2.05, 4.69) is 10.1 Å². The zero-order valence-corrected chi connectivity index (χ0v) is 10.4. The highest BCUT2D eigenvalue weighted by Crippen LogP contribution is 2.47. The molecule has 0 radical (unpaired) electrons. The smallest absolute Gasteiger partial charge is 0.258 e. The number of halogens is 2. The van der Waals surface area contributed by atoms with E-state index in [1.165, 1.54) is 0 Å². The lowest BCUT2D eigenvalue weighted by Gasteiger charge is -2.32. The highest BCUT2D eigenvalue weighted by Gasteiger charge is 2.48. The maximum atomic E-state index is 12.8. The van der Waals surface area contributed by atoms with Crippen molar-refractivity contribution < 1.29 is 13.3 Å². The van der Waals surface area contributed by atoms with Crippen LogP contribution < -0.4 is 5.73 Å². The van der Waals surface area contributed by atoms with E-state index in [4.69, 9.17) is 10.3 Å². The highest BCUT2D eigenvalue weighted by molar-refractivity contribution is 5.62. The Balaban J connectivity index is 1.83. The van der Waals surface area contributed by atoms with E-state index in [-0.39, 0.29) is 18.8 Å². The summed E-state index contributed by atoms with van der Waals surface area (Å²) in [6, 6.07) is 5.41. The molecule has 1 heterocycles. The fourth-order valence-corrected chi connectivity index (χ4v) is 2.14. The van der Waals surface area contributed by atoms with Gasteiger partial charge in [-0.15, -0.1) is 0 Å². The molecule has 1 aliphatic rings. The fraction of sp³-hybridized carbons (Fsp3) is 0.385. The molecule has 19 heavy (non-hydrogen) atoms. The minimum absolute atomic E-state index is 0.206. The molecule has 1 saturated carbocycles. The van der Waals surface area contributed by atoms with Gasteiger partial charge in [0.05, 0.1) is 0 Å². The molecule has 0 aliphatic heterocycles. The number of nitrogen functional groups attached to an aromatic ring is 1. The normalized spacial score (nSPS) is 18.3. The van der Waals surface area contributed by atoms with E-state index in [1.54, 1.807) is 6.07 Å². The van der Waals surface area contributed by atoms with Crippen molar-refractivity contribution in [1.29, 1.82) is 0 Å². The molecule has 0 atom stereocenters. The number of aromatic nitrogens is 2. The maximum Gasteiger partial charge on any atom is 0.258 e. The summed E-state index contributed by atoms with van der Waals surface area (Å²) in [7, 11) is 0. The first-order chi connectivity index (χ1) is 8.94. The summed E-state index contributed by atoms with van der Waals surface area (Å²) in [5.74, 6) is -2.23. The van der Waals surface area contributed by atoms with Gasteiger partial charge in [-0.1, -0.05) is 11.2 Å². The molecule has 0 spiro atoms. The molecule has 0 amide bonds. The molecule has 0 saturated heterocycles. The minimum Gasteiger partial charge on any atom is -0.398 e. The third-order valence-electron chi connectivity index (χ3n) is 3.42. The van der Waals surface area contributed by atoms with Crippen molar-refractivity contribution in [2.45, 2.75) is 31.6 Å². The van der Waals surface area contributed by atoms with E-state index >= 15 is 0 Å². The van der Waals surface area contributed by atoms with Crippen molar-refractivity contribution in [2.24, 2.45) is 0 Å². The molecule has 1 aliphatic carbocycles. The summed E-state index contributed by atoms with van der Waals surface area (Å²) in [4.78, 5) is 4.17. The monoisotopic (exact) mass is 265 g/mol. The third-order valence-corrected chi connectivity index (χ3v) is 3.42. The minimum atomic E-state index is -2.58. The Bertz CT molecular complexity index is 616. The summed E-state index contributed by atoms with van der Waals surface area (Å²) < 4.78 is 30.7. The summed E-state index contributed by atoms with van der Waals surface area (Å²) in [5.41, 5.74) is 8.10. The highest BCUT2D eigenvalue weighted by atomic mass is 19.3. The van der Waals surface area contributed by atoms with Crippen LogP contribution in [0.4, 0.5) is 14.5 Å². The number of anilines is 1. The van der Waals surface area contributed by atoms with Gasteiger partial charge in [0.2, 0.25) is 5.92 Å². The molecule has 0 bridgehead atoms. The maximum absolute atomic E-state index is 12.8. The largest absolute Gasteiger partial charge is 0.398 e. The van der Waals surface area contributed by atoms with Gasteiger partial charge in [0.1, 0.15) is 0 Å². The first kappa shape index (κ1) is 12.1. The van der Waals surface area contributed by atoms with Gasteiger partial charge in [0.15, 0.2) is 5.82 Å². The first-order valence-corrected chi connectivity index (χ1v) is 6.02. The molecule has 2 N–H and O–H groups in total. The Morgan fingerprint density at radius 1 is 1.37 bits per heavy atom. The Kier molecular flexibility index (Phi) is 2.55. The Morgan fingerprint density at radius 2 is 2.11 bits per heavy atom.